The number of methoxy groups -OCH3 is 1. The second-order valence-corrected chi connectivity index (χ2v) is 6.55. The maximum absolute atomic E-state index is 12.0. The number of aliphatic hydroxyl groups excluding tert-OH is 1. The minimum absolute atomic E-state index is 0.275. The van der Waals surface area contributed by atoms with E-state index in [2.05, 4.69) is 4.98 Å². The Labute approximate surface area is 143 Å². The second kappa shape index (κ2) is 7.13. The van der Waals surface area contributed by atoms with E-state index in [1.807, 2.05) is 24.3 Å². The highest BCUT2D eigenvalue weighted by Crippen LogP contribution is 2.32. The Bertz CT molecular complexity index is 785. The molecule has 0 spiro atoms. The van der Waals surface area contributed by atoms with Gasteiger partial charge in [-0.3, -0.25) is 4.90 Å². The minimum Gasteiger partial charge on any atom is -0.441 e. The summed E-state index contributed by atoms with van der Waals surface area (Å²) in [4.78, 5) is 18.0. The second-order valence-electron chi connectivity index (χ2n) is 5.49. The normalized spacial score (nSPS) is 18.6. The van der Waals surface area contributed by atoms with Crippen molar-refractivity contribution in [1.82, 2.24) is 4.98 Å². The molecule has 0 saturated carbocycles. The molecule has 8 heteroatoms. The summed E-state index contributed by atoms with van der Waals surface area (Å²) in [6, 6.07) is 7.51. The number of ether oxygens (including phenoxy) is 2. The number of cyclic esters (lactones) is 1. The molecular weight excluding hydrogens is 330 g/mol. The molecule has 3 rings (SSSR count). The van der Waals surface area contributed by atoms with Gasteiger partial charge in [-0.05, 0) is 24.6 Å². The lowest BCUT2D eigenvalue weighted by Crippen LogP contribution is -2.25. The molecule has 2 aromatic rings. The summed E-state index contributed by atoms with van der Waals surface area (Å²) in [6.45, 7) is 0.801. The van der Waals surface area contributed by atoms with Crippen molar-refractivity contribution < 1.29 is 19.4 Å². The molecule has 0 radical (unpaired) electrons. The fourth-order valence-electron chi connectivity index (χ4n) is 2.57. The number of anilines is 1. The van der Waals surface area contributed by atoms with Crippen molar-refractivity contribution in [3.8, 4) is 6.07 Å². The van der Waals surface area contributed by atoms with Gasteiger partial charge in [-0.15, -0.1) is 11.3 Å². The predicted molar refractivity (Wildman–Crippen MR) is 88.9 cm³/mol. The van der Waals surface area contributed by atoms with Crippen molar-refractivity contribution in [2.75, 3.05) is 25.2 Å². The van der Waals surface area contributed by atoms with Gasteiger partial charge in [0.25, 0.3) is 0 Å². The number of benzene rings is 1. The molecule has 1 aliphatic rings. The monoisotopic (exact) mass is 347 g/mol. The Kier molecular flexibility index (Phi) is 4.94. The summed E-state index contributed by atoms with van der Waals surface area (Å²) in [6.07, 6.45) is -0.769. The van der Waals surface area contributed by atoms with Crippen molar-refractivity contribution in [3.05, 3.63) is 23.2 Å². The fraction of sp³-hybridized carbons (Fsp3) is 0.438. The van der Waals surface area contributed by atoms with Gasteiger partial charge in [0, 0.05) is 19.2 Å². The van der Waals surface area contributed by atoms with E-state index < -0.39 is 12.2 Å². The van der Waals surface area contributed by atoms with Crippen LogP contribution < -0.4 is 4.90 Å². The molecule has 1 fully saturated rings. The molecule has 1 saturated heterocycles. The minimum atomic E-state index is -0.742. The molecule has 2 heterocycles. The molecule has 0 aliphatic carbocycles. The van der Waals surface area contributed by atoms with Crippen LogP contribution in [0.15, 0.2) is 18.2 Å². The predicted octanol–water partition coefficient (Wildman–Crippen LogP) is 2.61. The zero-order valence-electron chi connectivity index (χ0n) is 13.1. The Morgan fingerprint density at radius 1 is 1.62 bits per heavy atom. The van der Waals surface area contributed by atoms with Crippen LogP contribution in [0.2, 0.25) is 0 Å². The number of carbonyl (C=O) groups is 1. The first-order valence-corrected chi connectivity index (χ1v) is 8.36. The van der Waals surface area contributed by atoms with E-state index in [1.165, 1.54) is 11.3 Å². The quantitative estimate of drug-likeness (QED) is 0.863. The zero-order valence-corrected chi connectivity index (χ0v) is 14.0. The van der Waals surface area contributed by atoms with Crippen molar-refractivity contribution >= 4 is 33.3 Å². The molecular formula is C16H17N3O4S. The van der Waals surface area contributed by atoms with Gasteiger partial charge in [0.2, 0.25) is 0 Å². The first-order chi connectivity index (χ1) is 11.6. The lowest BCUT2D eigenvalue weighted by molar-refractivity contribution is 0.0718. The first kappa shape index (κ1) is 16.6. The Hall–Kier alpha value is -2.21. The number of thiazole rings is 1. The third-order valence-corrected chi connectivity index (χ3v) is 4.86. The number of aromatic nitrogens is 1. The molecule has 1 aromatic heterocycles. The number of hydrogen-bond donors (Lipinski definition) is 1. The molecule has 126 valence electrons. The maximum atomic E-state index is 12.0. The average molecular weight is 347 g/mol. The standard InChI is InChI=1S/C16H17N3O4S/c1-22-9-11-8-19(16(21)23-11)10-4-5-12-14(7-10)24-15(18-12)13(20)3-2-6-17/h4-5,7,11,13,20H,2-3,8-9H2,1H3/t11?,13-/m1/s1. The van der Waals surface area contributed by atoms with E-state index in [0.29, 0.717) is 24.6 Å². The van der Waals surface area contributed by atoms with Crippen LogP contribution in [0.1, 0.15) is 24.0 Å². The molecule has 1 aromatic carbocycles. The highest BCUT2D eigenvalue weighted by molar-refractivity contribution is 7.18. The molecule has 2 atom stereocenters. The molecule has 0 bridgehead atoms. The van der Waals surface area contributed by atoms with Crippen LogP contribution in [0.25, 0.3) is 10.2 Å². The van der Waals surface area contributed by atoms with Crippen molar-refractivity contribution in [2.24, 2.45) is 0 Å². The molecule has 1 N–H and O–H groups in total. The van der Waals surface area contributed by atoms with Gasteiger partial charge in [0.15, 0.2) is 0 Å². The van der Waals surface area contributed by atoms with E-state index in [4.69, 9.17) is 14.7 Å². The summed E-state index contributed by atoms with van der Waals surface area (Å²) in [5, 5.41) is 19.3. The van der Waals surface area contributed by atoms with Crippen molar-refractivity contribution in [1.29, 1.82) is 5.26 Å². The number of fused-ring (bicyclic) bond motifs is 1. The zero-order chi connectivity index (χ0) is 17.1. The highest BCUT2D eigenvalue weighted by Gasteiger charge is 2.32. The van der Waals surface area contributed by atoms with Crippen LogP contribution in [0.3, 0.4) is 0 Å². The largest absolute Gasteiger partial charge is 0.441 e. The molecule has 1 aliphatic heterocycles. The molecule has 1 amide bonds. The number of rotatable bonds is 6. The number of nitrogens with zero attached hydrogens (tertiary/aromatic N) is 3. The highest BCUT2D eigenvalue weighted by atomic mass is 32.1. The molecule has 7 nitrogen and oxygen atoms in total. The third-order valence-electron chi connectivity index (χ3n) is 3.74. The number of aliphatic hydroxyl groups is 1. The summed E-state index contributed by atoms with van der Waals surface area (Å²) >= 11 is 1.37. The van der Waals surface area contributed by atoms with Crippen LogP contribution in [0.4, 0.5) is 10.5 Å². The summed E-state index contributed by atoms with van der Waals surface area (Å²) in [7, 11) is 1.57. The average Bonchev–Trinajstić information content (AvgIpc) is 3.15. The van der Waals surface area contributed by atoms with Crippen LogP contribution >= 0.6 is 11.3 Å². The van der Waals surface area contributed by atoms with Crippen LogP contribution in [0.5, 0.6) is 0 Å². The van der Waals surface area contributed by atoms with Crippen LogP contribution in [-0.4, -0.2) is 42.5 Å². The Morgan fingerprint density at radius 3 is 3.21 bits per heavy atom. The van der Waals surface area contributed by atoms with Crippen LogP contribution in [-0.2, 0) is 9.47 Å². The fourth-order valence-corrected chi connectivity index (χ4v) is 3.59. The van der Waals surface area contributed by atoms with E-state index >= 15 is 0 Å². The lowest BCUT2D eigenvalue weighted by atomic mass is 10.2. The van der Waals surface area contributed by atoms with E-state index in [0.717, 1.165) is 15.9 Å². The Balaban J connectivity index is 1.81. The van der Waals surface area contributed by atoms with Gasteiger partial charge in [0.05, 0.1) is 29.4 Å². The van der Waals surface area contributed by atoms with Gasteiger partial charge < -0.3 is 14.6 Å². The summed E-state index contributed by atoms with van der Waals surface area (Å²) < 4.78 is 11.2. The third kappa shape index (κ3) is 3.33. The number of carbonyl (C=O) groups excluding carboxylic acids is 1. The lowest BCUT2D eigenvalue weighted by Gasteiger charge is -2.12. The van der Waals surface area contributed by atoms with E-state index in [-0.39, 0.29) is 12.5 Å². The van der Waals surface area contributed by atoms with Gasteiger partial charge in [0.1, 0.15) is 17.2 Å². The van der Waals surface area contributed by atoms with Crippen LogP contribution in [0, 0.1) is 11.3 Å². The molecule has 24 heavy (non-hydrogen) atoms. The van der Waals surface area contributed by atoms with Crippen molar-refractivity contribution in [2.45, 2.75) is 25.0 Å². The van der Waals surface area contributed by atoms with Gasteiger partial charge in [-0.2, -0.15) is 5.26 Å². The SMILES string of the molecule is COCC1CN(c2ccc3nc([C@H](O)CCC#N)sc3c2)C(=O)O1. The maximum Gasteiger partial charge on any atom is 0.414 e. The summed E-state index contributed by atoms with van der Waals surface area (Å²) in [5.74, 6) is 0. The number of amides is 1. The smallest absolute Gasteiger partial charge is 0.414 e. The summed E-state index contributed by atoms with van der Waals surface area (Å²) in [5.41, 5.74) is 1.49. The van der Waals surface area contributed by atoms with E-state index in [9.17, 15) is 9.90 Å². The van der Waals surface area contributed by atoms with Gasteiger partial charge in [-0.25, -0.2) is 9.78 Å². The Morgan fingerprint density at radius 2 is 2.46 bits per heavy atom. The molecule has 1 unspecified atom stereocenters. The van der Waals surface area contributed by atoms with Crippen molar-refractivity contribution in [3.63, 3.8) is 0 Å². The first-order valence-electron chi connectivity index (χ1n) is 7.55. The topological polar surface area (TPSA) is 95.7 Å². The number of nitriles is 1. The van der Waals surface area contributed by atoms with E-state index in [1.54, 1.807) is 12.0 Å². The van der Waals surface area contributed by atoms with Gasteiger partial charge in [-0.1, -0.05) is 0 Å². The number of hydrogen-bond acceptors (Lipinski definition) is 7. The van der Waals surface area contributed by atoms with Gasteiger partial charge >= 0.3 is 6.09 Å².